The van der Waals surface area contributed by atoms with Gasteiger partial charge in [-0.3, -0.25) is 4.79 Å². The van der Waals surface area contributed by atoms with Crippen LogP contribution in [-0.2, 0) is 4.79 Å². The number of nitriles is 1. The molecule has 0 spiro atoms. The molecule has 1 aliphatic rings. The Morgan fingerprint density at radius 2 is 1.83 bits per heavy atom. The minimum atomic E-state index is -0.445. The maximum Gasteiger partial charge on any atom is 0.264 e. The molecule has 10 heteroatoms. The highest BCUT2D eigenvalue weighted by Crippen LogP contribution is 2.35. The van der Waals surface area contributed by atoms with Gasteiger partial charge in [-0.25, -0.2) is 14.6 Å². The lowest BCUT2D eigenvalue weighted by molar-refractivity contribution is -0.128. The predicted molar refractivity (Wildman–Crippen MR) is 158 cm³/mol. The van der Waals surface area contributed by atoms with Gasteiger partial charge in [-0.05, 0) is 83.3 Å². The van der Waals surface area contributed by atoms with Crippen LogP contribution in [0.4, 0.5) is 5.82 Å². The summed E-state index contributed by atoms with van der Waals surface area (Å²) in [5.74, 6) is 1.52. The van der Waals surface area contributed by atoms with E-state index in [0.717, 1.165) is 24.2 Å². The summed E-state index contributed by atoms with van der Waals surface area (Å²) in [7, 11) is 3.84. The fourth-order valence-corrected chi connectivity index (χ4v) is 4.89. The molecule has 1 saturated heterocycles. The quantitative estimate of drug-likeness (QED) is 0.256. The van der Waals surface area contributed by atoms with Gasteiger partial charge in [0.25, 0.3) is 5.91 Å². The third kappa shape index (κ3) is 5.76. The third-order valence-electron chi connectivity index (χ3n) is 7.66. The number of rotatable bonds is 7. The monoisotopic (exact) mass is 550 g/mol. The van der Waals surface area contributed by atoms with Crippen LogP contribution < -0.4 is 10.5 Å². The molecule has 210 valence electrons. The number of nitrogens with zero attached hydrogens (tertiary/aromatic N) is 7. The van der Waals surface area contributed by atoms with E-state index >= 15 is 0 Å². The van der Waals surface area contributed by atoms with Crippen molar-refractivity contribution in [1.82, 2.24) is 29.5 Å². The molecule has 1 fully saturated rings. The number of carbonyl (C=O) groups is 1. The molecular weight excluding hydrogens is 516 g/mol. The van der Waals surface area contributed by atoms with E-state index < -0.39 is 5.54 Å². The Morgan fingerprint density at radius 1 is 1.12 bits per heavy atom. The molecule has 10 nitrogen and oxygen atoms in total. The lowest BCUT2D eigenvalue weighted by Crippen LogP contribution is -2.43. The topological polar surface area (TPSA) is 126 Å². The van der Waals surface area contributed by atoms with Crippen molar-refractivity contribution >= 4 is 22.8 Å². The number of amides is 1. The van der Waals surface area contributed by atoms with Crippen LogP contribution in [0, 0.1) is 11.3 Å². The maximum absolute atomic E-state index is 13.4. The maximum atomic E-state index is 13.4. The second-order valence-electron chi connectivity index (χ2n) is 11.0. The van der Waals surface area contributed by atoms with E-state index in [1.165, 1.54) is 6.33 Å². The van der Waals surface area contributed by atoms with Gasteiger partial charge in [0, 0.05) is 24.2 Å². The van der Waals surface area contributed by atoms with Gasteiger partial charge in [-0.15, -0.1) is 0 Å². The molecule has 4 aromatic rings. The minimum Gasteiger partial charge on any atom is -0.457 e. The third-order valence-corrected chi connectivity index (χ3v) is 7.66. The van der Waals surface area contributed by atoms with E-state index in [2.05, 4.69) is 16.0 Å². The molecule has 1 aliphatic heterocycles. The number of carbonyl (C=O) groups excluding carboxylic acids is 1. The second-order valence-corrected chi connectivity index (χ2v) is 11.0. The summed E-state index contributed by atoms with van der Waals surface area (Å²) in [5, 5.41) is 15.4. The highest BCUT2D eigenvalue weighted by atomic mass is 16.5. The standard InChI is InChI=1S/C31H34N8O2/c1-31(2,37(3)4)17-22(18-32)30(40)38-16-8-9-23(19-38)39-29-26(28(33)34-20-35-29)27(36-39)21-12-14-25(15-13-21)41-24-10-6-5-7-11-24/h5-7,10-15,17,20,23H,8-9,16,19H2,1-4H3,(H2,33,34,35). The number of hydrogen-bond donors (Lipinski definition) is 1. The predicted octanol–water partition coefficient (Wildman–Crippen LogP) is 4.82. The van der Waals surface area contributed by atoms with Crippen molar-refractivity contribution in [2.24, 2.45) is 0 Å². The van der Waals surface area contributed by atoms with Crippen molar-refractivity contribution in [3.05, 3.63) is 72.6 Å². The fourth-order valence-electron chi connectivity index (χ4n) is 4.89. The summed E-state index contributed by atoms with van der Waals surface area (Å²) < 4.78 is 7.80. The largest absolute Gasteiger partial charge is 0.457 e. The molecule has 1 amide bonds. The highest BCUT2D eigenvalue weighted by Gasteiger charge is 2.31. The number of aromatic nitrogens is 4. The van der Waals surface area contributed by atoms with Gasteiger partial charge >= 0.3 is 0 Å². The SMILES string of the molecule is CN(C)C(C)(C)C=C(C#N)C(=O)N1CCCC(n2nc(-c3ccc(Oc4ccccc4)cc3)c3c(N)ncnc32)C1. The smallest absolute Gasteiger partial charge is 0.264 e. The molecule has 0 saturated carbocycles. The van der Waals surface area contributed by atoms with Gasteiger partial charge in [0.1, 0.15) is 41.0 Å². The van der Waals surface area contributed by atoms with Crippen LogP contribution in [0.5, 0.6) is 11.5 Å². The van der Waals surface area contributed by atoms with E-state index in [1.807, 2.05) is 92.1 Å². The molecule has 41 heavy (non-hydrogen) atoms. The summed E-state index contributed by atoms with van der Waals surface area (Å²) in [6.45, 7) is 4.92. The Hall–Kier alpha value is -4.75. The van der Waals surface area contributed by atoms with Gasteiger partial charge in [0.2, 0.25) is 0 Å². The number of ether oxygens (including phenoxy) is 1. The second kappa shape index (κ2) is 11.4. The average Bonchev–Trinajstić information content (AvgIpc) is 3.37. The Balaban J connectivity index is 1.44. The first-order valence-corrected chi connectivity index (χ1v) is 13.6. The summed E-state index contributed by atoms with van der Waals surface area (Å²) in [6, 6.07) is 19.2. The number of nitrogen functional groups attached to an aromatic ring is 1. The average molecular weight is 551 g/mol. The Labute approximate surface area is 239 Å². The zero-order valence-corrected chi connectivity index (χ0v) is 23.8. The number of fused-ring (bicyclic) bond motifs is 1. The number of likely N-dealkylation sites (tertiary alicyclic amines) is 1. The molecule has 0 aliphatic carbocycles. The summed E-state index contributed by atoms with van der Waals surface area (Å²) in [5.41, 5.74) is 8.16. The molecule has 0 bridgehead atoms. The molecule has 1 atom stereocenters. The Bertz CT molecular complexity index is 1620. The normalized spacial score (nSPS) is 16.1. The summed E-state index contributed by atoms with van der Waals surface area (Å²) in [6.07, 6.45) is 4.75. The van der Waals surface area contributed by atoms with Crippen molar-refractivity contribution in [2.45, 2.75) is 38.3 Å². The molecule has 0 radical (unpaired) electrons. The van der Waals surface area contributed by atoms with Gasteiger partial charge in [-0.1, -0.05) is 18.2 Å². The first kappa shape index (κ1) is 27.8. The van der Waals surface area contributed by atoms with Crippen molar-refractivity contribution < 1.29 is 9.53 Å². The van der Waals surface area contributed by atoms with Crippen LogP contribution in [0.15, 0.2) is 72.6 Å². The number of hydrogen-bond acceptors (Lipinski definition) is 8. The van der Waals surface area contributed by atoms with Crippen LogP contribution in [0.25, 0.3) is 22.3 Å². The van der Waals surface area contributed by atoms with Crippen molar-refractivity contribution in [2.75, 3.05) is 32.9 Å². The number of anilines is 1. The van der Waals surface area contributed by atoms with Crippen molar-refractivity contribution in [3.8, 4) is 28.8 Å². The van der Waals surface area contributed by atoms with Gasteiger partial charge in [0.15, 0.2) is 5.65 Å². The number of benzene rings is 2. The Morgan fingerprint density at radius 3 is 2.51 bits per heavy atom. The van der Waals surface area contributed by atoms with Crippen LogP contribution in [0.2, 0.25) is 0 Å². The van der Waals surface area contributed by atoms with E-state index in [4.69, 9.17) is 15.6 Å². The first-order chi connectivity index (χ1) is 19.7. The summed E-state index contributed by atoms with van der Waals surface area (Å²) in [4.78, 5) is 25.9. The zero-order chi connectivity index (χ0) is 29.1. The first-order valence-electron chi connectivity index (χ1n) is 13.6. The van der Waals surface area contributed by atoms with E-state index in [9.17, 15) is 10.1 Å². The van der Waals surface area contributed by atoms with Crippen molar-refractivity contribution in [3.63, 3.8) is 0 Å². The highest BCUT2D eigenvalue weighted by molar-refractivity contribution is 5.99. The van der Waals surface area contributed by atoms with Gasteiger partial charge in [0.05, 0.1) is 11.4 Å². The molecule has 5 rings (SSSR count). The molecule has 1 unspecified atom stereocenters. The fraction of sp³-hybridized carbons (Fsp3) is 0.323. The van der Waals surface area contributed by atoms with E-state index in [1.54, 1.807) is 11.0 Å². The molecule has 3 heterocycles. The van der Waals surface area contributed by atoms with E-state index in [-0.39, 0.29) is 17.5 Å². The number of nitrogens with two attached hydrogens (primary N) is 1. The van der Waals surface area contributed by atoms with Crippen LogP contribution in [0.1, 0.15) is 32.7 Å². The van der Waals surface area contributed by atoms with Crippen LogP contribution >= 0.6 is 0 Å². The van der Waals surface area contributed by atoms with Crippen LogP contribution in [-0.4, -0.2) is 68.2 Å². The molecule has 2 N–H and O–H groups in total. The zero-order valence-electron chi connectivity index (χ0n) is 23.8. The number of piperidine rings is 1. The molecular formula is C31H34N8O2. The van der Waals surface area contributed by atoms with Gasteiger partial charge < -0.3 is 20.3 Å². The van der Waals surface area contributed by atoms with Gasteiger partial charge in [-0.2, -0.15) is 10.4 Å². The Kier molecular flexibility index (Phi) is 7.72. The number of likely N-dealkylation sites (N-methyl/N-ethyl adjacent to an activating group) is 1. The summed E-state index contributed by atoms with van der Waals surface area (Å²) >= 11 is 0. The van der Waals surface area contributed by atoms with Crippen LogP contribution in [0.3, 0.4) is 0 Å². The molecule has 2 aromatic heterocycles. The van der Waals surface area contributed by atoms with Crippen molar-refractivity contribution in [1.29, 1.82) is 5.26 Å². The minimum absolute atomic E-state index is 0.138. The lowest BCUT2D eigenvalue weighted by Gasteiger charge is -2.34. The lowest BCUT2D eigenvalue weighted by atomic mass is 9.98. The number of para-hydroxylation sites is 1. The molecule has 2 aromatic carbocycles. The van der Waals surface area contributed by atoms with E-state index in [0.29, 0.717) is 41.4 Å².